The smallest absolute Gasteiger partial charge is 0.314 e. The summed E-state index contributed by atoms with van der Waals surface area (Å²) in [4.78, 5) is 12.1. The van der Waals surface area contributed by atoms with Crippen LogP contribution in [0.3, 0.4) is 0 Å². The highest BCUT2D eigenvalue weighted by Gasteiger charge is 2.43. The number of aliphatic carboxylic acids is 1. The summed E-state index contributed by atoms with van der Waals surface area (Å²) in [5.41, 5.74) is 0.526. The van der Waals surface area contributed by atoms with E-state index in [0.717, 1.165) is 38.5 Å². The third-order valence-corrected chi connectivity index (χ3v) is 4.94. The minimum atomic E-state index is -0.748. The average molecular weight is 322 g/mol. The van der Waals surface area contributed by atoms with E-state index >= 15 is 0 Å². The highest BCUT2D eigenvalue weighted by molar-refractivity contribution is 5.78. The Bertz CT molecular complexity index is 411. The van der Waals surface area contributed by atoms with Gasteiger partial charge in [-0.25, -0.2) is 0 Å². The van der Waals surface area contributed by atoms with Crippen molar-refractivity contribution in [1.29, 1.82) is 0 Å². The predicted octanol–water partition coefficient (Wildman–Crippen LogP) is 5.37. The van der Waals surface area contributed by atoms with Crippen LogP contribution in [0.25, 0.3) is 0 Å². The second-order valence-electron chi connectivity index (χ2n) is 6.72. The number of carboxylic acids is 1. The number of methoxy groups -OCH3 is 1. The SMILES string of the molecule is CCCCCCCC1(C(=O)O)C=CC(CCC)=CC1CCOC. The first-order valence-corrected chi connectivity index (χ1v) is 9.23. The van der Waals surface area contributed by atoms with Crippen molar-refractivity contribution in [2.24, 2.45) is 11.3 Å². The van der Waals surface area contributed by atoms with Crippen LogP contribution >= 0.6 is 0 Å². The van der Waals surface area contributed by atoms with Gasteiger partial charge in [0.05, 0.1) is 5.41 Å². The van der Waals surface area contributed by atoms with Crippen LogP contribution in [0.5, 0.6) is 0 Å². The van der Waals surface area contributed by atoms with Gasteiger partial charge in [0.25, 0.3) is 0 Å². The van der Waals surface area contributed by atoms with Crippen LogP contribution in [-0.2, 0) is 9.53 Å². The number of ether oxygens (including phenoxy) is 1. The van der Waals surface area contributed by atoms with Gasteiger partial charge in [-0.3, -0.25) is 4.79 Å². The quantitative estimate of drug-likeness (QED) is 0.491. The lowest BCUT2D eigenvalue weighted by atomic mass is 9.67. The third-order valence-electron chi connectivity index (χ3n) is 4.94. The fourth-order valence-electron chi connectivity index (χ4n) is 3.51. The van der Waals surface area contributed by atoms with Gasteiger partial charge in [0.1, 0.15) is 0 Å². The molecule has 0 aromatic rings. The fourth-order valence-corrected chi connectivity index (χ4v) is 3.51. The molecule has 23 heavy (non-hydrogen) atoms. The van der Waals surface area contributed by atoms with E-state index in [4.69, 9.17) is 4.74 Å². The maximum atomic E-state index is 12.1. The van der Waals surface area contributed by atoms with Crippen LogP contribution in [0, 0.1) is 11.3 Å². The zero-order chi connectivity index (χ0) is 17.1. The molecule has 0 saturated carbocycles. The van der Waals surface area contributed by atoms with Crippen LogP contribution < -0.4 is 0 Å². The number of hydrogen-bond donors (Lipinski definition) is 1. The first-order valence-electron chi connectivity index (χ1n) is 9.23. The van der Waals surface area contributed by atoms with E-state index in [1.54, 1.807) is 7.11 Å². The minimum Gasteiger partial charge on any atom is -0.481 e. The van der Waals surface area contributed by atoms with E-state index in [9.17, 15) is 9.90 Å². The number of unbranched alkanes of at least 4 members (excludes halogenated alkanes) is 4. The molecule has 0 aromatic carbocycles. The largest absolute Gasteiger partial charge is 0.481 e. The van der Waals surface area contributed by atoms with Crippen LogP contribution in [-0.4, -0.2) is 24.8 Å². The molecular formula is C20H34O3. The van der Waals surface area contributed by atoms with Crippen molar-refractivity contribution in [3.63, 3.8) is 0 Å². The predicted molar refractivity (Wildman–Crippen MR) is 95.6 cm³/mol. The van der Waals surface area contributed by atoms with E-state index in [1.807, 2.05) is 12.2 Å². The molecule has 1 aliphatic carbocycles. The molecule has 3 nitrogen and oxygen atoms in total. The van der Waals surface area contributed by atoms with Gasteiger partial charge in [-0.1, -0.05) is 76.2 Å². The Hall–Kier alpha value is -1.09. The van der Waals surface area contributed by atoms with Crippen molar-refractivity contribution >= 4 is 5.97 Å². The Morgan fingerprint density at radius 3 is 2.57 bits per heavy atom. The number of hydrogen-bond acceptors (Lipinski definition) is 2. The highest BCUT2D eigenvalue weighted by Crippen LogP contribution is 2.43. The highest BCUT2D eigenvalue weighted by atomic mass is 16.5. The average Bonchev–Trinajstić information content (AvgIpc) is 2.54. The molecule has 132 valence electrons. The summed E-state index contributed by atoms with van der Waals surface area (Å²) in [5, 5.41) is 9.96. The van der Waals surface area contributed by atoms with Gasteiger partial charge in [-0.05, 0) is 25.2 Å². The summed E-state index contributed by atoms with van der Waals surface area (Å²) in [6.07, 6.45) is 15.6. The van der Waals surface area contributed by atoms with Crippen molar-refractivity contribution in [2.75, 3.05) is 13.7 Å². The second-order valence-corrected chi connectivity index (χ2v) is 6.72. The first-order chi connectivity index (χ1) is 11.1. The van der Waals surface area contributed by atoms with E-state index in [1.165, 1.54) is 24.8 Å². The van der Waals surface area contributed by atoms with E-state index in [2.05, 4.69) is 19.9 Å². The molecule has 0 aromatic heterocycles. The molecule has 0 aliphatic heterocycles. The summed E-state index contributed by atoms with van der Waals surface area (Å²) in [5.74, 6) is -0.644. The molecule has 1 N–H and O–H groups in total. The normalized spacial score (nSPS) is 23.8. The zero-order valence-corrected chi connectivity index (χ0v) is 15.1. The molecule has 3 heteroatoms. The minimum absolute atomic E-state index is 0.0395. The number of allylic oxidation sites excluding steroid dienone is 3. The Morgan fingerprint density at radius 2 is 1.96 bits per heavy atom. The molecule has 1 rings (SSSR count). The monoisotopic (exact) mass is 322 g/mol. The van der Waals surface area contributed by atoms with Crippen molar-refractivity contribution in [1.82, 2.24) is 0 Å². The number of rotatable bonds is 12. The molecule has 0 bridgehead atoms. The van der Waals surface area contributed by atoms with Crippen LogP contribution in [0.2, 0.25) is 0 Å². The Morgan fingerprint density at radius 1 is 1.22 bits per heavy atom. The van der Waals surface area contributed by atoms with Gasteiger partial charge >= 0.3 is 5.97 Å². The third kappa shape index (κ3) is 5.80. The molecular weight excluding hydrogens is 288 g/mol. The molecule has 0 spiro atoms. The number of carbonyl (C=O) groups is 1. The molecule has 0 radical (unpaired) electrons. The van der Waals surface area contributed by atoms with Gasteiger partial charge in [-0.2, -0.15) is 0 Å². The summed E-state index contributed by atoms with van der Waals surface area (Å²) >= 11 is 0. The van der Waals surface area contributed by atoms with E-state index in [0.29, 0.717) is 6.61 Å². The second kappa shape index (κ2) is 10.6. The summed E-state index contributed by atoms with van der Waals surface area (Å²) in [6, 6.07) is 0. The van der Waals surface area contributed by atoms with E-state index < -0.39 is 11.4 Å². The number of carboxylic acid groups (broad SMARTS) is 1. The zero-order valence-electron chi connectivity index (χ0n) is 15.1. The maximum Gasteiger partial charge on any atom is 0.314 e. The summed E-state index contributed by atoms with van der Waals surface area (Å²) in [6.45, 7) is 4.97. The van der Waals surface area contributed by atoms with Crippen LogP contribution in [0.4, 0.5) is 0 Å². The molecule has 2 atom stereocenters. The molecule has 1 aliphatic rings. The van der Waals surface area contributed by atoms with E-state index in [-0.39, 0.29) is 5.92 Å². The van der Waals surface area contributed by atoms with Gasteiger partial charge in [0, 0.05) is 13.7 Å². The molecule has 2 unspecified atom stereocenters. The lowest BCUT2D eigenvalue weighted by Gasteiger charge is -2.36. The molecule has 0 heterocycles. The summed E-state index contributed by atoms with van der Waals surface area (Å²) in [7, 11) is 1.68. The molecule has 0 fully saturated rings. The van der Waals surface area contributed by atoms with Gasteiger partial charge in [-0.15, -0.1) is 0 Å². The van der Waals surface area contributed by atoms with Crippen molar-refractivity contribution in [2.45, 2.75) is 71.6 Å². The van der Waals surface area contributed by atoms with Crippen molar-refractivity contribution in [3.05, 3.63) is 23.8 Å². The van der Waals surface area contributed by atoms with Gasteiger partial charge in [0.15, 0.2) is 0 Å². The van der Waals surface area contributed by atoms with Crippen LogP contribution in [0.15, 0.2) is 23.8 Å². The van der Waals surface area contributed by atoms with Gasteiger partial charge < -0.3 is 9.84 Å². The van der Waals surface area contributed by atoms with Crippen molar-refractivity contribution < 1.29 is 14.6 Å². The summed E-state index contributed by atoms with van der Waals surface area (Å²) < 4.78 is 5.22. The van der Waals surface area contributed by atoms with Crippen LogP contribution in [0.1, 0.15) is 71.6 Å². The Balaban J connectivity index is 2.83. The lowest BCUT2D eigenvalue weighted by Crippen LogP contribution is -2.38. The maximum absolute atomic E-state index is 12.1. The molecule has 0 saturated heterocycles. The standard InChI is InChI=1S/C20H34O3/c1-4-6-7-8-9-13-20(19(21)22)14-11-17(10-5-2)16-18(20)12-15-23-3/h11,14,16,18H,4-10,12-13,15H2,1-3H3,(H,21,22). The van der Waals surface area contributed by atoms with Crippen molar-refractivity contribution in [3.8, 4) is 0 Å². The van der Waals surface area contributed by atoms with Gasteiger partial charge in [0.2, 0.25) is 0 Å². The Kier molecular flexibility index (Phi) is 9.23. The Labute approximate surface area is 141 Å². The molecule has 0 amide bonds. The fraction of sp³-hybridized carbons (Fsp3) is 0.750. The first kappa shape index (κ1) is 20.0. The lowest BCUT2D eigenvalue weighted by molar-refractivity contribution is -0.149. The topological polar surface area (TPSA) is 46.5 Å².